The topological polar surface area (TPSA) is 24.9 Å². The van der Waals surface area contributed by atoms with Crippen molar-refractivity contribution in [2.75, 3.05) is 11.9 Å². The highest BCUT2D eigenvalue weighted by molar-refractivity contribution is 6.31. The molecule has 0 radical (unpaired) electrons. The average molecular weight is 247 g/mol. The van der Waals surface area contributed by atoms with Crippen LogP contribution in [0.15, 0.2) is 36.4 Å². The Morgan fingerprint density at radius 2 is 2.06 bits per heavy atom. The van der Waals surface area contributed by atoms with E-state index in [-0.39, 0.29) is 0 Å². The summed E-state index contributed by atoms with van der Waals surface area (Å²) in [7, 11) is 0. The second-order valence-electron chi connectivity index (χ2n) is 3.90. The molecule has 0 fully saturated rings. The van der Waals surface area contributed by atoms with Crippen molar-refractivity contribution in [1.82, 2.24) is 4.98 Å². The van der Waals surface area contributed by atoms with E-state index in [4.69, 9.17) is 11.6 Å². The number of aromatic nitrogens is 1. The molecule has 0 spiro atoms. The number of anilines is 1. The third-order valence-electron chi connectivity index (χ3n) is 2.57. The van der Waals surface area contributed by atoms with Crippen molar-refractivity contribution in [3.63, 3.8) is 0 Å². The zero-order valence-electron chi connectivity index (χ0n) is 10.00. The number of halogens is 1. The Morgan fingerprint density at radius 3 is 2.76 bits per heavy atom. The van der Waals surface area contributed by atoms with Gasteiger partial charge in [0.1, 0.15) is 5.82 Å². The van der Waals surface area contributed by atoms with Gasteiger partial charge in [0, 0.05) is 17.1 Å². The average Bonchev–Trinajstić information content (AvgIpc) is 2.33. The molecule has 2 rings (SSSR count). The molecule has 1 aromatic heterocycles. The lowest BCUT2D eigenvalue weighted by Gasteiger charge is -2.06. The quantitative estimate of drug-likeness (QED) is 0.880. The summed E-state index contributed by atoms with van der Waals surface area (Å²) in [6.45, 7) is 4.91. The molecule has 1 N–H and O–H groups in total. The van der Waals surface area contributed by atoms with Crippen LogP contribution in [0.3, 0.4) is 0 Å². The minimum atomic E-state index is 0.776. The number of pyridine rings is 1. The van der Waals surface area contributed by atoms with Crippen molar-refractivity contribution in [1.29, 1.82) is 0 Å². The van der Waals surface area contributed by atoms with E-state index in [2.05, 4.69) is 17.2 Å². The van der Waals surface area contributed by atoms with Crippen molar-refractivity contribution in [3.05, 3.63) is 47.0 Å². The molecule has 1 aromatic carbocycles. The van der Waals surface area contributed by atoms with E-state index in [1.54, 1.807) is 0 Å². The van der Waals surface area contributed by atoms with E-state index < -0.39 is 0 Å². The van der Waals surface area contributed by atoms with Crippen LogP contribution in [0.2, 0.25) is 5.02 Å². The number of nitrogens with one attached hydrogen (secondary N) is 1. The summed E-state index contributed by atoms with van der Waals surface area (Å²) in [5, 5.41) is 3.98. The number of benzene rings is 1. The second kappa shape index (κ2) is 5.19. The molecule has 0 aliphatic carbocycles. The lowest BCUT2D eigenvalue weighted by Crippen LogP contribution is -1.99. The fourth-order valence-corrected chi connectivity index (χ4v) is 1.81. The molecule has 0 atom stereocenters. The zero-order chi connectivity index (χ0) is 12.3. The molecule has 0 aliphatic rings. The summed E-state index contributed by atoms with van der Waals surface area (Å²) >= 11 is 6.12. The van der Waals surface area contributed by atoms with Gasteiger partial charge in [-0.1, -0.05) is 29.8 Å². The maximum absolute atomic E-state index is 6.12. The van der Waals surface area contributed by atoms with Crippen LogP contribution < -0.4 is 5.32 Å². The van der Waals surface area contributed by atoms with Crippen LogP contribution in [-0.2, 0) is 0 Å². The third-order valence-corrected chi connectivity index (χ3v) is 2.98. The number of nitrogens with zero attached hydrogens (tertiary/aromatic N) is 1. The van der Waals surface area contributed by atoms with Gasteiger partial charge in [-0.3, -0.25) is 0 Å². The number of hydrogen-bond acceptors (Lipinski definition) is 2. The summed E-state index contributed by atoms with van der Waals surface area (Å²) in [6.07, 6.45) is 0. The third kappa shape index (κ3) is 2.77. The van der Waals surface area contributed by atoms with Gasteiger partial charge in [0.2, 0.25) is 0 Å². The molecule has 88 valence electrons. The fourth-order valence-electron chi connectivity index (χ4n) is 1.63. The van der Waals surface area contributed by atoms with Crippen LogP contribution in [0, 0.1) is 6.92 Å². The van der Waals surface area contributed by atoms with Gasteiger partial charge < -0.3 is 5.32 Å². The van der Waals surface area contributed by atoms with Gasteiger partial charge in [-0.15, -0.1) is 0 Å². The van der Waals surface area contributed by atoms with E-state index in [1.807, 2.05) is 43.3 Å². The van der Waals surface area contributed by atoms with Crippen LogP contribution in [0.4, 0.5) is 5.82 Å². The Morgan fingerprint density at radius 1 is 1.24 bits per heavy atom. The second-order valence-corrected chi connectivity index (χ2v) is 4.31. The molecule has 2 aromatic rings. The van der Waals surface area contributed by atoms with Crippen molar-refractivity contribution < 1.29 is 0 Å². The van der Waals surface area contributed by atoms with Crippen LogP contribution >= 0.6 is 11.6 Å². The molecule has 0 amide bonds. The van der Waals surface area contributed by atoms with Crippen molar-refractivity contribution in [2.45, 2.75) is 13.8 Å². The molecule has 0 bridgehead atoms. The van der Waals surface area contributed by atoms with Gasteiger partial charge in [-0.25, -0.2) is 4.98 Å². The maximum Gasteiger partial charge on any atom is 0.126 e. The van der Waals surface area contributed by atoms with Crippen molar-refractivity contribution in [3.8, 4) is 11.3 Å². The molecule has 17 heavy (non-hydrogen) atoms. The lowest BCUT2D eigenvalue weighted by atomic mass is 10.1. The minimum absolute atomic E-state index is 0.776. The molecular weight excluding hydrogens is 232 g/mol. The minimum Gasteiger partial charge on any atom is -0.370 e. The predicted molar refractivity (Wildman–Crippen MR) is 73.6 cm³/mol. The molecule has 2 nitrogen and oxygen atoms in total. The monoisotopic (exact) mass is 246 g/mol. The summed E-state index contributed by atoms with van der Waals surface area (Å²) in [4.78, 5) is 4.53. The lowest BCUT2D eigenvalue weighted by molar-refractivity contribution is 1.16. The van der Waals surface area contributed by atoms with E-state index >= 15 is 0 Å². The molecule has 0 saturated heterocycles. The summed E-state index contributed by atoms with van der Waals surface area (Å²) in [5.41, 5.74) is 3.06. The SMILES string of the molecule is CCNc1cccc(-c2ccc(C)c(Cl)c2)n1. The van der Waals surface area contributed by atoms with Gasteiger partial charge >= 0.3 is 0 Å². The Labute approximate surface area is 107 Å². The van der Waals surface area contributed by atoms with Crippen LogP contribution in [0.25, 0.3) is 11.3 Å². The Bertz CT molecular complexity index is 523. The van der Waals surface area contributed by atoms with E-state index in [1.165, 1.54) is 0 Å². The molecule has 0 unspecified atom stereocenters. The highest BCUT2D eigenvalue weighted by Gasteiger charge is 2.03. The first kappa shape index (κ1) is 11.9. The fraction of sp³-hybridized carbons (Fsp3) is 0.214. The Balaban J connectivity index is 2.38. The normalized spacial score (nSPS) is 10.3. The smallest absolute Gasteiger partial charge is 0.126 e. The number of hydrogen-bond donors (Lipinski definition) is 1. The van der Waals surface area contributed by atoms with Crippen LogP contribution in [0.5, 0.6) is 0 Å². The van der Waals surface area contributed by atoms with Crippen molar-refractivity contribution in [2.24, 2.45) is 0 Å². The van der Waals surface area contributed by atoms with Crippen LogP contribution in [0.1, 0.15) is 12.5 Å². The first-order chi connectivity index (χ1) is 8.20. The molecule has 0 aliphatic heterocycles. The van der Waals surface area contributed by atoms with Gasteiger partial charge in [-0.2, -0.15) is 0 Å². The maximum atomic E-state index is 6.12. The van der Waals surface area contributed by atoms with Gasteiger partial charge in [0.25, 0.3) is 0 Å². The summed E-state index contributed by atoms with van der Waals surface area (Å²) in [5.74, 6) is 0.890. The highest BCUT2D eigenvalue weighted by atomic mass is 35.5. The van der Waals surface area contributed by atoms with E-state index in [9.17, 15) is 0 Å². The summed E-state index contributed by atoms with van der Waals surface area (Å²) in [6, 6.07) is 12.0. The number of rotatable bonds is 3. The van der Waals surface area contributed by atoms with E-state index in [0.29, 0.717) is 0 Å². The first-order valence-corrected chi connectivity index (χ1v) is 6.06. The zero-order valence-corrected chi connectivity index (χ0v) is 10.8. The number of aryl methyl sites for hydroxylation is 1. The molecule has 3 heteroatoms. The molecule has 0 saturated carbocycles. The van der Waals surface area contributed by atoms with Gasteiger partial charge in [0.05, 0.1) is 5.69 Å². The molecular formula is C14H15ClN2. The standard InChI is InChI=1S/C14H15ClN2/c1-3-16-14-6-4-5-13(17-14)11-8-7-10(2)12(15)9-11/h4-9H,3H2,1-2H3,(H,16,17). The Hall–Kier alpha value is -1.54. The Kier molecular flexibility index (Phi) is 3.64. The van der Waals surface area contributed by atoms with Crippen molar-refractivity contribution >= 4 is 17.4 Å². The predicted octanol–water partition coefficient (Wildman–Crippen LogP) is 4.14. The van der Waals surface area contributed by atoms with Crippen LogP contribution in [-0.4, -0.2) is 11.5 Å². The van der Waals surface area contributed by atoms with E-state index in [0.717, 1.165) is 34.2 Å². The summed E-state index contributed by atoms with van der Waals surface area (Å²) < 4.78 is 0. The first-order valence-electron chi connectivity index (χ1n) is 5.68. The largest absolute Gasteiger partial charge is 0.370 e. The van der Waals surface area contributed by atoms with Gasteiger partial charge in [0.15, 0.2) is 0 Å². The highest BCUT2D eigenvalue weighted by Crippen LogP contribution is 2.24. The van der Waals surface area contributed by atoms with Gasteiger partial charge in [-0.05, 0) is 37.6 Å². The molecule has 1 heterocycles.